The zero-order chi connectivity index (χ0) is 14.2. The van der Waals surface area contributed by atoms with E-state index in [2.05, 4.69) is 15.2 Å². The molecule has 0 radical (unpaired) electrons. The number of H-pyrrole nitrogens is 1. The molecule has 4 heterocycles. The van der Waals surface area contributed by atoms with Crippen LogP contribution in [-0.4, -0.2) is 32.5 Å². The fourth-order valence-corrected chi connectivity index (χ4v) is 4.05. The molecule has 0 fully saturated rings. The summed E-state index contributed by atoms with van der Waals surface area (Å²) in [4.78, 5) is 20.0. The Hall–Kier alpha value is -1.99. The predicted octanol–water partition coefficient (Wildman–Crippen LogP) is 2.79. The second-order valence-electron chi connectivity index (χ2n) is 4.87. The van der Waals surface area contributed by atoms with Gasteiger partial charge in [0.2, 0.25) is 0 Å². The van der Waals surface area contributed by atoms with Gasteiger partial charge in [0, 0.05) is 36.1 Å². The summed E-state index contributed by atoms with van der Waals surface area (Å²) in [5.74, 6) is 0.000839. The Bertz CT molecular complexity index is 775. The zero-order valence-electron chi connectivity index (χ0n) is 11.1. The molecule has 0 bridgehead atoms. The Morgan fingerprint density at radius 1 is 1.38 bits per heavy atom. The van der Waals surface area contributed by atoms with Gasteiger partial charge in [-0.05, 0) is 11.4 Å². The summed E-state index contributed by atoms with van der Waals surface area (Å²) in [6, 6.07) is 4.02. The van der Waals surface area contributed by atoms with Gasteiger partial charge in [-0.1, -0.05) is 6.07 Å². The van der Waals surface area contributed by atoms with Gasteiger partial charge in [-0.25, -0.2) is 4.98 Å². The molecule has 0 aliphatic carbocycles. The standard InChI is InChI=1S/C14H12N4OS2/c19-14(18-4-3-10-9(7-18)6-15-17-10)11-8-21-13(16-11)12-2-1-5-20-12/h1-2,5-6,8H,3-4,7H2,(H,15,17). The average molecular weight is 316 g/mol. The first-order valence-corrected chi connectivity index (χ1v) is 8.37. The summed E-state index contributed by atoms with van der Waals surface area (Å²) in [6.45, 7) is 1.32. The summed E-state index contributed by atoms with van der Waals surface area (Å²) in [5.41, 5.74) is 2.77. The smallest absolute Gasteiger partial charge is 0.273 e. The van der Waals surface area contributed by atoms with Crippen LogP contribution in [0.15, 0.2) is 29.1 Å². The molecule has 1 aliphatic heterocycles. The molecule has 4 rings (SSSR count). The number of fused-ring (bicyclic) bond motifs is 1. The van der Waals surface area contributed by atoms with Crippen molar-refractivity contribution in [2.75, 3.05) is 6.54 Å². The van der Waals surface area contributed by atoms with E-state index in [-0.39, 0.29) is 5.91 Å². The third-order valence-electron chi connectivity index (χ3n) is 3.54. The van der Waals surface area contributed by atoms with E-state index in [1.165, 1.54) is 11.3 Å². The number of hydrogen-bond donors (Lipinski definition) is 1. The van der Waals surface area contributed by atoms with Gasteiger partial charge >= 0.3 is 0 Å². The van der Waals surface area contributed by atoms with Crippen LogP contribution in [-0.2, 0) is 13.0 Å². The summed E-state index contributed by atoms with van der Waals surface area (Å²) in [7, 11) is 0. The molecule has 1 aliphatic rings. The number of amides is 1. The lowest BCUT2D eigenvalue weighted by Crippen LogP contribution is -2.35. The zero-order valence-corrected chi connectivity index (χ0v) is 12.7. The number of carbonyl (C=O) groups is 1. The molecule has 3 aromatic rings. The minimum Gasteiger partial charge on any atom is -0.332 e. The highest BCUT2D eigenvalue weighted by Crippen LogP contribution is 2.28. The maximum absolute atomic E-state index is 12.6. The van der Waals surface area contributed by atoms with Gasteiger partial charge < -0.3 is 4.90 Å². The van der Waals surface area contributed by atoms with Crippen molar-refractivity contribution in [3.05, 3.63) is 46.0 Å². The SMILES string of the molecule is O=C(c1csc(-c2cccs2)n1)N1CCc2[nH]ncc2C1. The van der Waals surface area contributed by atoms with Crippen LogP contribution >= 0.6 is 22.7 Å². The number of carbonyl (C=O) groups excluding carboxylic acids is 1. The van der Waals surface area contributed by atoms with E-state index in [9.17, 15) is 4.79 Å². The van der Waals surface area contributed by atoms with Crippen molar-refractivity contribution in [1.82, 2.24) is 20.1 Å². The second-order valence-corrected chi connectivity index (χ2v) is 6.67. The topological polar surface area (TPSA) is 61.9 Å². The number of thiazole rings is 1. The van der Waals surface area contributed by atoms with Gasteiger partial charge in [0.05, 0.1) is 11.1 Å². The number of nitrogens with zero attached hydrogens (tertiary/aromatic N) is 3. The Kier molecular flexibility index (Phi) is 3.08. The Morgan fingerprint density at radius 2 is 2.33 bits per heavy atom. The normalized spacial score (nSPS) is 14.2. The van der Waals surface area contributed by atoms with Gasteiger partial charge in [-0.3, -0.25) is 9.89 Å². The molecular formula is C14H12N4OS2. The second kappa shape index (κ2) is 5.09. The first-order chi connectivity index (χ1) is 10.3. The number of aromatic nitrogens is 3. The summed E-state index contributed by atoms with van der Waals surface area (Å²) in [6.07, 6.45) is 2.62. The van der Waals surface area contributed by atoms with E-state index in [0.29, 0.717) is 18.8 Å². The Balaban J connectivity index is 1.56. The lowest BCUT2D eigenvalue weighted by molar-refractivity contribution is 0.0729. The number of thiophene rings is 1. The van der Waals surface area contributed by atoms with Crippen LogP contribution in [0.25, 0.3) is 9.88 Å². The lowest BCUT2D eigenvalue weighted by atomic mass is 10.1. The van der Waals surface area contributed by atoms with Crippen molar-refractivity contribution < 1.29 is 4.79 Å². The van der Waals surface area contributed by atoms with Gasteiger partial charge in [0.25, 0.3) is 5.91 Å². The van der Waals surface area contributed by atoms with Crippen LogP contribution in [0.1, 0.15) is 21.7 Å². The van der Waals surface area contributed by atoms with Crippen molar-refractivity contribution in [1.29, 1.82) is 0 Å². The molecule has 0 aromatic carbocycles. The van der Waals surface area contributed by atoms with Gasteiger partial charge in [-0.2, -0.15) is 5.10 Å². The molecule has 0 unspecified atom stereocenters. The summed E-state index contributed by atoms with van der Waals surface area (Å²) < 4.78 is 0. The maximum atomic E-state index is 12.6. The quantitative estimate of drug-likeness (QED) is 0.791. The maximum Gasteiger partial charge on any atom is 0.273 e. The molecule has 21 heavy (non-hydrogen) atoms. The Labute approximate surface area is 129 Å². The number of nitrogens with one attached hydrogen (secondary N) is 1. The van der Waals surface area contributed by atoms with Crippen molar-refractivity contribution in [2.45, 2.75) is 13.0 Å². The minimum atomic E-state index is 0.000839. The first-order valence-electron chi connectivity index (χ1n) is 6.61. The van der Waals surface area contributed by atoms with E-state index in [0.717, 1.165) is 27.6 Å². The van der Waals surface area contributed by atoms with Crippen molar-refractivity contribution in [3.63, 3.8) is 0 Å². The van der Waals surface area contributed by atoms with Crippen LogP contribution in [0, 0.1) is 0 Å². The third kappa shape index (κ3) is 2.28. The van der Waals surface area contributed by atoms with Gasteiger partial charge in [0.1, 0.15) is 10.7 Å². The van der Waals surface area contributed by atoms with Crippen LogP contribution in [0.4, 0.5) is 0 Å². The third-order valence-corrected chi connectivity index (χ3v) is 5.42. The fraction of sp³-hybridized carbons (Fsp3) is 0.214. The molecule has 1 amide bonds. The van der Waals surface area contributed by atoms with Crippen molar-refractivity contribution in [2.24, 2.45) is 0 Å². The molecule has 0 saturated carbocycles. The summed E-state index contributed by atoms with van der Waals surface area (Å²) in [5, 5.41) is 11.8. The molecule has 106 valence electrons. The monoisotopic (exact) mass is 316 g/mol. The van der Waals surface area contributed by atoms with E-state index >= 15 is 0 Å². The minimum absolute atomic E-state index is 0.000839. The van der Waals surface area contributed by atoms with E-state index in [1.807, 2.05) is 27.8 Å². The van der Waals surface area contributed by atoms with Gasteiger partial charge in [-0.15, -0.1) is 22.7 Å². The average Bonchev–Trinajstić information content (AvgIpc) is 3.24. The molecule has 0 saturated heterocycles. The molecule has 1 N–H and O–H groups in total. The highest BCUT2D eigenvalue weighted by atomic mass is 32.1. The molecular weight excluding hydrogens is 304 g/mol. The highest BCUT2D eigenvalue weighted by Gasteiger charge is 2.24. The fourth-order valence-electron chi connectivity index (χ4n) is 2.44. The lowest BCUT2D eigenvalue weighted by Gasteiger charge is -2.25. The Morgan fingerprint density at radius 3 is 3.19 bits per heavy atom. The largest absolute Gasteiger partial charge is 0.332 e. The predicted molar refractivity (Wildman–Crippen MR) is 82.5 cm³/mol. The number of hydrogen-bond acceptors (Lipinski definition) is 5. The van der Waals surface area contributed by atoms with Crippen LogP contribution < -0.4 is 0 Å². The van der Waals surface area contributed by atoms with E-state index in [1.54, 1.807) is 17.5 Å². The first kappa shape index (κ1) is 12.7. The molecule has 0 atom stereocenters. The molecule has 5 nitrogen and oxygen atoms in total. The van der Waals surface area contributed by atoms with Crippen molar-refractivity contribution >= 4 is 28.6 Å². The van der Waals surface area contributed by atoms with Crippen LogP contribution in [0.5, 0.6) is 0 Å². The van der Waals surface area contributed by atoms with E-state index in [4.69, 9.17) is 0 Å². The van der Waals surface area contributed by atoms with Crippen LogP contribution in [0.3, 0.4) is 0 Å². The van der Waals surface area contributed by atoms with Crippen LogP contribution in [0.2, 0.25) is 0 Å². The van der Waals surface area contributed by atoms with E-state index < -0.39 is 0 Å². The number of rotatable bonds is 2. The molecule has 3 aromatic heterocycles. The number of aromatic amines is 1. The molecule has 7 heteroatoms. The van der Waals surface area contributed by atoms with Crippen molar-refractivity contribution in [3.8, 4) is 9.88 Å². The highest BCUT2D eigenvalue weighted by molar-refractivity contribution is 7.20. The van der Waals surface area contributed by atoms with Gasteiger partial charge in [0.15, 0.2) is 0 Å². The molecule has 0 spiro atoms. The summed E-state index contributed by atoms with van der Waals surface area (Å²) >= 11 is 3.16.